The molecule has 0 spiro atoms. The van der Waals surface area contributed by atoms with Crippen LogP contribution in [0.2, 0.25) is 0 Å². The first-order valence-corrected chi connectivity index (χ1v) is 10.3. The molecule has 3 heterocycles. The van der Waals surface area contributed by atoms with Crippen LogP contribution in [0.3, 0.4) is 0 Å². The molecule has 0 saturated carbocycles. The molecule has 1 amide bonds. The van der Waals surface area contributed by atoms with Crippen LogP contribution in [-0.4, -0.2) is 30.5 Å². The molecule has 0 fully saturated rings. The lowest BCUT2D eigenvalue weighted by Crippen LogP contribution is -2.46. The van der Waals surface area contributed by atoms with Gasteiger partial charge in [-0.25, -0.2) is 0 Å². The summed E-state index contributed by atoms with van der Waals surface area (Å²) >= 11 is 0. The lowest BCUT2D eigenvalue weighted by molar-refractivity contribution is -0.131. The highest BCUT2D eigenvalue weighted by molar-refractivity contribution is 5.95. The van der Waals surface area contributed by atoms with Gasteiger partial charge in [0.15, 0.2) is 0 Å². The largest absolute Gasteiger partial charge is 0.494 e. The SMILES string of the molecule is CCCCCCOc1ccc2c(c1)CCN1C(=O)C3=C(CC21)NCCC3. The number of nitrogens with zero attached hydrogens (tertiary/aromatic N) is 1. The van der Waals surface area contributed by atoms with Crippen LogP contribution >= 0.6 is 0 Å². The van der Waals surface area contributed by atoms with Gasteiger partial charge in [-0.05, 0) is 48.9 Å². The lowest BCUT2D eigenvalue weighted by Gasteiger charge is -2.43. The molecular formula is C22H30N2O2. The first kappa shape index (κ1) is 17.4. The highest BCUT2D eigenvalue weighted by Gasteiger charge is 2.38. The standard InChI is InChI=1S/C22H30N2O2/c1-2-3-4-5-13-26-17-8-9-18-16(14-17)10-12-24-21(18)15-20-19(22(24)25)7-6-11-23-20/h8-9,14,21,23H,2-7,10-13,15H2,1H3. The number of nitrogens with one attached hydrogen (secondary N) is 1. The Morgan fingerprint density at radius 1 is 1.23 bits per heavy atom. The van der Waals surface area contributed by atoms with Gasteiger partial charge in [0.05, 0.1) is 12.6 Å². The Balaban J connectivity index is 1.48. The second-order valence-corrected chi connectivity index (χ2v) is 7.73. The van der Waals surface area contributed by atoms with Crippen molar-refractivity contribution in [3.8, 4) is 5.75 Å². The second-order valence-electron chi connectivity index (χ2n) is 7.73. The fraction of sp³-hybridized carbons (Fsp3) is 0.591. The third kappa shape index (κ3) is 3.34. The minimum Gasteiger partial charge on any atom is -0.494 e. The summed E-state index contributed by atoms with van der Waals surface area (Å²) in [5.74, 6) is 1.23. The van der Waals surface area contributed by atoms with Crippen LogP contribution in [0, 0.1) is 0 Å². The van der Waals surface area contributed by atoms with Crippen LogP contribution in [-0.2, 0) is 11.2 Å². The molecular weight excluding hydrogens is 324 g/mol. The number of unbranched alkanes of at least 4 members (excludes halogenated alkanes) is 3. The van der Waals surface area contributed by atoms with Gasteiger partial charge in [0.25, 0.3) is 5.91 Å². The van der Waals surface area contributed by atoms with Gasteiger partial charge in [-0.2, -0.15) is 0 Å². The molecule has 4 nitrogen and oxygen atoms in total. The smallest absolute Gasteiger partial charge is 0.252 e. The second kappa shape index (κ2) is 7.73. The zero-order chi connectivity index (χ0) is 17.9. The molecule has 0 saturated heterocycles. The number of carbonyl (C=O) groups is 1. The molecule has 1 aromatic carbocycles. The zero-order valence-corrected chi connectivity index (χ0v) is 15.9. The van der Waals surface area contributed by atoms with E-state index in [-0.39, 0.29) is 11.9 Å². The monoisotopic (exact) mass is 354 g/mol. The van der Waals surface area contributed by atoms with Gasteiger partial charge in [-0.1, -0.05) is 32.3 Å². The number of hydrogen-bond donors (Lipinski definition) is 1. The molecule has 4 heteroatoms. The van der Waals surface area contributed by atoms with Crippen LogP contribution in [0.4, 0.5) is 0 Å². The van der Waals surface area contributed by atoms with Gasteiger partial charge >= 0.3 is 0 Å². The van der Waals surface area contributed by atoms with E-state index >= 15 is 0 Å². The summed E-state index contributed by atoms with van der Waals surface area (Å²) in [6.45, 7) is 4.85. The van der Waals surface area contributed by atoms with E-state index in [1.807, 2.05) is 0 Å². The first-order chi connectivity index (χ1) is 12.8. The lowest BCUT2D eigenvalue weighted by atomic mass is 9.84. The van der Waals surface area contributed by atoms with Crippen molar-refractivity contribution < 1.29 is 9.53 Å². The van der Waals surface area contributed by atoms with Crippen LogP contribution in [0.25, 0.3) is 0 Å². The molecule has 1 atom stereocenters. The summed E-state index contributed by atoms with van der Waals surface area (Å²) in [5, 5.41) is 3.48. The maximum absolute atomic E-state index is 12.9. The van der Waals surface area contributed by atoms with Crippen LogP contribution in [0.1, 0.15) is 69.0 Å². The van der Waals surface area contributed by atoms with Crippen molar-refractivity contribution in [1.82, 2.24) is 10.2 Å². The van der Waals surface area contributed by atoms with Crippen LogP contribution in [0.15, 0.2) is 29.5 Å². The highest BCUT2D eigenvalue weighted by Crippen LogP contribution is 2.41. The maximum atomic E-state index is 12.9. The van der Waals surface area contributed by atoms with Crippen LogP contribution in [0.5, 0.6) is 5.75 Å². The van der Waals surface area contributed by atoms with E-state index in [9.17, 15) is 4.79 Å². The van der Waals surface area contributed by atoms with Gasteiger partial charge in [0.2, 0.25) is 0 Å². The van der Waals surface area contributed by atoms with E-state index in [0.717, 1.165) is 63.1 Å². The minimum atomic E-state index is 0.189. The van der Waals surface area contributed by atoms with Crippen molar-refractivity contribution in [2.24, 2.45) is 0 Å². The van der Waals surface area contributed by atoms with Gasteiger partial charge < -0.3 is 15.0 Å². The number of benzene rings is 1. The molecule has 26 heavy (non-hydrogen) atoms. The van der Waals surface area contributed by atoms with Gasteiger partial charge in [0.1, 0.15) is 5.75 Å². The summed E-state index contributed by atoms with van der Waals surface area (Å²) in [7, 11) is 0. The molecule has 0 aromatic heterocycles. The third-order valence-electron chi connectivity index (χ3n) is 5.96. The molecule has 1 N–H and O–H groups in total. The van der Waals surface area contributed by atoms with Gasteiger partial charge in [-0.3, -0.25) is 4.79 Å². The van der Waals surface area contributed by atoms with E-state index in [1.165, 1.54) is 36.1 Å². The number of amides is 1. The minimum absolute atomic E-state index is 0.189. The fourth-order valence-corrected chi connectivity index (χ4v) is 4.52. The Labute approximate surface area is 156 Å². The Bertz CT molecular complexity index is 710. The number of rotatable bonds is 6. The molecule has 140 valence electrons. The predicted octanol–water partition coefficient (Wildman–Crippen LogP) is 4.11. The number of carbonyl (C=O) groups excluding carboxylic acids is 1. The molecule has 3 aliphatic heterocycles. The van der Waals surface area contributed by atoms with E-state index in [1.54, 1.807) is 0 Å². The molecule has 0 radical (unpaired) electrons. The van der Waals surface area contributed by atoms with Crippen molar-refractivity contribution in [3.63, 3.8) is 0 Å². The highest BCUT2D eigenvalue weighted by atomic mass is 16.5. The Morgan fingerprint density at radius 3 is 3.04 bits per heavy atom. The average Bonchev–Trinajstić information content (AvgIpc) is 2.68. The van der Waals surface area contributed by atoms with E-state index in [0.29, 0.717) is 0 Å². The van der Waals surface area contributed by atoms with E-state index in [2.05, 4.69) is 35.3 Å². The van der Waals surface area contributed by atoms with Crippen LogP contribution < -0.4 is 10.1 Å². The Hall–Kier alpha value is -1.97. The maximum Gasteiger partial charge on any atom is 0.252 e. The van der Waals surface area contributed by atoms with Crippen molar-refractivity contribution in [1.29, 1.82) is 0 Å². The number of hydrogen-bond acceptors (Lipinski definition) is 3. The number of fused-ring (bicyclic) bond motifs is 3. The van der Waals surface area contributed by atoms with Gasteiger partial charge in [-0.15, -0.1) is 0 Å². The molecule has 3 aliphatic rings. The van der Waals surface area contributed by atoms with E-state index < -0.39 is 0 Å². The molecule has 4 rings (SSSR count). The number of ether oxygens (including phenoxy) is 1. The Morgan fingerprint density at radius 2 is 2.15 bits per heavy atom. The summed E-state index contributed by atoms with van der Waals surface area (Å²) in [5.41, 5.74) is 4.88. The molecule has 1 aromatic rings. The molecule has 0 bridgehead atoms. The zero-order valence-electron chi connectivity index (χ0n) is 15.9. The molecule has 0 aliphatic carbocycles. The van der Waals surface area contributed by atoms with Crippen molar-refractivity contribution in [2.75, 3.05) is 19.7 Å². The van der Waals surface area contributed by atoms with Crippen molar-refractivity contribution >= 4 is 5.91 Å². The summed E-state index contributed by atoms with van der Waals surface area (Å²) in [4.78, 5) is 15.0. The summed E-state index contributed by atoms with van der Waals surface area (Å²) < 4.78 is 5.96. The summed E-state index contributed by atoms with van der Waals surface area (Å²) in [6, 6.07) is 6.67. The summed E-state index contributed by atoms with van der Waals surface area (Å²) in [6.07, 6.45) is 8.77. The quantitative estimate of drug-likeness (QED) is 0.782. The predicted molar refractivity (Wildman–Crippen MR) is 103 cm³/mol. The first-order valence-electron chi connectivity index (χ1n) is 10.3. The fourth-order valence-electron chi connectivity index (χ4n) is 4.52. The third-order valence-corrected chi connectivity index (χ3v) is 5.96. The normalized spacial score (nSPS) is 21.7. The topological polar surface area (TPSA) is 41.6 Å². The van der Waals surface area contributed by atoms with Crippen molar-refractivity contribution in [3.05, 3.63) is 40.6 Å². The Kier molecular flexibility index (Phi) is 5.18. The van der Waals surface area contributed by atoms with Crippen molar-refractivity contribution in [2.45, 2.75) is 64.3 Å². The van der Waals surface area contributed by atoms with Gasteiger partial charge in [0, 0.05) is 30.8 Å². The average molecular weight is 354 g/mol. The molecule has 1 unspecified atom stereocenters. The van der Waals surface area contributed by atoms with E-state index in [4.69, 9.17) is 4.74 Å².